The average molecular weight is 583 g/mol. The van der Waals surface area contributed by atoms with E-state index in [0.29, 0.717) is 5.82 Å². The first-order valence-corrected chi connectivity index (χ1v) is 12.8. The second kappa shape index (κ2) is 9.21. The molecule has 0 saturated carbocycles. The first-order valence-electron chi connectivity index (χ1n) is 11.7. The predicted octanol–water partition coefficient (Wildman–Crippen LogP) is 3.07. The molecule has 35 heavy (non-hydrogen) atoms. The summed E-state index contributed by atoms with van der Waals surface area (Å²) in [6, 6.07) is 10.4. The van der Waals surface area contributed by atoms with E-state index in [1.165, 1.54) is 6.33 Å². The van der Waals surface area contributed by atoms with Gasteiger partial charge in [0.05, 0.1) is 36.9 Å². The van der Waals surface area contributed by atoms with E-state index in [1.807, 2.05) is 15.4 Å². The quantitative estimate of drug-likeness (QED) is 0.307. The molecule has 1 aliphatic rings. The topological polar surface area (TPSA) is 104 Å². The highest BCUT2D eigenvalue weighted by Crippen LogP contribution is 2.35. The first kappa shape index (κ1) is 22.4. The van der Waals surface area contributed by atoms with Crippen molar-refractivity contribution < 1.29 is 4.74 Å². The highest BCUT2D eigenvalue weighted by atomic mass is 127. The van der Waals surface area contributed by atoms with Gasteiger partial charge in [-0.05, 0) is 53.8 Å². The molecule has 11 heteroatoms. The number of rotatable bonds is 6. The van der Waals surface area contributed by atoms with Crippen molar-refractivity contribution in [1.82, 2.24) is 38.8 Å². The van der Waals surface area contributed by atoms with E-state index in [4.69, 9.17) is 20.7 Å². The van der Waals surface area contributed by atoms with E-state index in [-0.39, 0.29) is 6.04 Å². The van der Waals surface area contributed by atoms with Crippen molar-refractivity contribution in [2.45, 2.75) is 19.5 Å². The van der Waals surface area contributed by atoms with Crippen LogP contribution in [0.1, 0.15) is 18.5 Å². The van der Waals surface area contributed by atoms with Crippen LogP contribution in [0.2, 0.25) is 0 Å². The Morgan fingerprint density at radius 3 is 2.80 bits per heavy atom. The van der Waals surface area contributed by atoms with Crippen LogP contribution in [0.5, 0.6) is 0 Å². The summed E-state index contributed by atoms with van der Waals surface area (Å²) >= 11 is 2.20. The Balaban J connectivity index is 1.39. The lowest BCUT2D eigenvalue weighted by atomic mass is 10.1. The number of nitrogens with two attached hydrogens (primary N) is 1. The zero-order valence-corrected chi connectivity index (χ0v) is 21.5. The van der Waals surface area contributed by atoms with Crippen molar-refractivity contribution in [3.8, 4) is 11.4 Å². The minimum Gasteiger partial charge on any atom is -0.383 e. The molecule has 0 spiro atoms. The summed E-state index contributed by atoms with van der Waals surface area (Å²) in [4.78, 5) is 11.1. The molecule has 6 rings (SSSR count). The van der Waals surface area contributed by atoms with E-state index in [9.17, 15) is 0 Å². The summed E-state index contributed by atoms with van der Waals surface area (Å²) in [7, 11) is 0. The van der Waals surface area contributed by atoms with Gasteiger partial charge in [-0.15, -0.1) is 0 Å². The smallest absolute Gasteiger partial charge is 0.165 e. The van der Waals surface area contributed by atoms with Crippen LogP contribution in [0.3, 0.4) is 0 Å². The third-order valence-electron chi connectivity index (χ3n) is 6.63. The van der Waals surface area contributed by atoms with E-state index in [2.05, 4.69) is 85.4 Å². The molecule has 1 fully saturated rings. The molecular weight excluding hydrogens is 557 g/mol. The van der Waals surface area contributed by atoms with Crippen molar-refractivity contribution in [3.05, 3.63) is 58.3 Å². The molecular formula is C24H26IN9O. The Labute approximate surface area is 215 Å². The molecule has 1 saturated heterocycles. The van der Waals surface area contributed by atoms with Crippen molar-refractivity contribution >= 4 is 45.0 Å². The van der Waals surface area contributed by atoms with Crippen LogP contribution in [0, 0.1) is 3.70 Å². The van der Waals surface area contributed by atoms with Crippen molar-refractivity contribution in [3.63, 3.8) is 0 Å². The van der Waals surface area contributed by atoms with Crippen molar-refractivity contribution in [2.75, 3.05) is 38.6 Å². The lowest BCUT2D eigenvalue weighted by Crippen LogP contribution is -2.38. The maximum atomic E-state index is 6.14. The van der Waals surface area contributed by atoms with Gasteiger partial charge in [0.2, 0.25) is 0 Å². The van der Waals surface area contributed by atoms with Crippen LogP contribution in [0.15, 0.2) is 49.1 Å². The number of pyridine rings is 1. The fraction of sp³-hybridized carbons (Fsp3) is 0.333. The van der Waals surface area contributed by atoms with Gasteiger partial charge in [-0.2, -0.15) is 10.2 Å². The monoisotopic (exact) mass is 583 g/mol. The van der Waals surface area contributed by atoms with E-state index in [1.54, 1.807) is 0 Å². The summed E-state index contributed by atoms with van der Waals surface area (Å²) in [6.45, 7) is 7.49. The molecule has 1 atom stereocenters. The SMILES string of the molecule is CC(c1cc2ccccn2c1-c1ccn(CCN2CCOCC2)n1)n1nc(I)c2c(N)ncnc21. The molecule has 180 valence electrons. The Bertz CT molecular complexity index is 1500. The van der Waals surface area contributed by atoms with Crippen molar-refractivity contribution in [1.29, 1.82) is 0 Å². The molecule has 0 aliphatic carbocycles. The van der Waals surface area contributed by atoms with Crippen molar-refractivity contribution in [2.24, 2.45) is 0 Å². The predicted molar refractivity (Wildman–Crippen MR) is 142 cm³/mol. The Morgan fingerprint density at radius 1 is 1.09 bits per heavy atom. The second-order valence-corrected chi connectivity index (χ2v) is 9.75. The summed E-state index contributed by atoms with van der Waals surface area (Å²) in [5.41, 5.74) is 11.1. The van der Waals surface area contributed by atoms with Gasteiger partial charge in [0.25, 0.3) is 0 Å². The largest absolute Gasteiger partial charge is 0.383 e. The number of hydrogen-bond donors (Lipinski definition) is 1. The fourth-order valence-corrected chi connectivity index (χ4v) is 5.52. The van der Waals surface area contributed by atoms with Gasteiger partial charge in [0.15, 0.2) is 5.65 Å². The van der Waals surface area contributed by atoms with E-state index >= 15 is 0 Å². The molecule has 5 aromatic rings. The van der Waals surface area contributed by atoms with Gasteiger partial charge >= 0.3 is 0 Å². The number of nitrogen functional groups attached to an aromatic ring is 1. The molecule has 10 nitrogen and oxygen atoms in total. The number of ether oxygens (including phenoxy) is 1. The molecule has 1 aliphatic heterocycles. The van der Waals surface area contributed by atoms with Crippen LogP contribution < -0.4 is 5.73 Å². The van der Waals surface area contributed by atoms with Gasteiger partial charge in [-0.25, -0.2) is 14.6 Å². The number of anilines is 1. The third kappa shape index (κ3) is 4.06. The Morgan fingerprint density at radius 2 is 1.94 bits per heavy atom. The molecule has 5 aromatic heterocycles. The normalized spacial score (nSPS) is 15.8. The summed E-state index contributed by atoms with van der Waals surface area (Å²) in [6.07, 6.45) is 5.64. The lowest BCUT2D eigenvalue weighted by Gasteiger charge is -2.26. The van der Waals surface area contributed by atoms with Crippen LogP contribution in [0.25, 0.3) is 27.9 Å². The van der Waals surface area contributed by atoms with E-state index < -0.39 is 0 Å². The maximum absolute atomic E-state index is 6.14. The minimum absolute atomic E-state index is 0.0938. The van der Waals surface area contributed by atoms with Gasteiger partial charge in [-0.1, -0.05) is 6.07 Å². The number of halogens is 1. The molecule has 0 aromatic carbocycles. The zero-order chi connectivity index (χ0) is 23.9. The standard InChI is InChI=1S/C24H26IN9O/c1-16(34-24-20(22(25)30-34)23(26)27-15-28-24)18-14-17-4-2-3-6-33(17)21(18)19-5-7-32(29-19)9-8-31-10-12-35-13-11-31/h2-7,14-16H,8-13H2,1H3,(H2,26,27,28). The zero-order valence-electron chi connectivity index (χ0n) is 19.4. The van der Waals surface area contributed by atoms with Gasteiger partial charge in [-0.3, -0.25) is 9.58 Å². The van der Waals surface area contributed by atoms with E-state index in [0.717, 1.165) is 76.6 Å². The first-order chi connectivity index (χ1) is 17.1. The minimum atomic E-state index is -0.0938. The highest BCUT2D eigenvalue weighted by molar-refractivity contribution is 14.1. The Kier molecular flexibility index (Phi) is 5.90. The summed E-state index contributed by atoms with van der Waals surface area (Å²) < 4.78 is 12.4. The van der Waals surface area contributed by atoms with Crippen LogP contribution >= 0.6 is 22.6 Å². The van der Waals surface area contributed by atoms with Crippen LogP contribution in [0.4, 0.5) is 5.82 Å². The third-order valence-corrected chi connectivity index (χ3v) is 7.39. The summed E-state index contributed by atoms with van der Waals surface area (Å²) in [5, 5.41) is 10.5. The van der Waals surface area contributed by atoms with Gasteiger partial charge in [0, 0.05) is 43.1 Å². The number of aromatic nitrogens is 7. The number of fused-ring (bicyclic) bond motifs is 2. The number of hydrogen-bond acceptors (Lipinski definition) is 7. The number of morpholine rings is 1. The molecule has 2 N–H and O–H groups in total. The number of nitrogens with zero attached hydrogens (tertiary/aromatic N) is 8. The Hall–Kier alpha value is -3.03. The lowest BCUT2D eigenvalue weighted by molar-refractivity contribution is 0.0360. The van der Waals surface area contributed by atoms with Crippen LogP contribution in [-0.4, -0.2) is 71.7 Å². The fourth-order valence-electron chi connectivity index (χ4n) is 4.77. The van der Waals surface area contributed by atoms with Crippen LogP contribution in [-0.2, 0) is 11.3 Å². The average Bonchev–Trinajstić information content (AvgIpc) is 3.58. The highest BCUT2D eigenvalue weighted by Gasteiger charge is 2.24. The second-order valence-electron chi connectivity index (χ2n) is 8.73. The van der Waals surface area contributed by atoms with Gasteiger partial charge in [0.1, 0.15) is 21.5 Å². The molecule has 0 amide bonds. The maximum Gasteiger partial charge on any atom is 0.165 e. The molecule has 6 heterocycles. The molecule has 1 unspecified atom stereocenters. The summed E-state index contributed by atoms with van der Waals surface area (Å²) in [5.74, 6) is 0.444. The van der Waals surface area contributed by atoms with Gasteiger partial charge < -0.3 is 14.9 Å². The molecule has 0 radical (unpaired) electrons. The molecule has 0 bridgehead atoms.